The second-order valence-corrected chi connectivity index (χ2v) is 7.00. The molecule has 2 fully saturated rings. The molecule has 2 amide bonds. The Kier molecular flexibility index (Phi) is 5.93. The lowest BCUT2D eigenvalue weighted by atomic mass is 10.2. The minimum absolute atomic E-state index is 0.0422. The molecule has 2 heterocycles. The summed E-state index contributed by atoms with van der Waals surface area (Å²) < 4.78 is 10.7. The molecule has 0 aliphatic carbocycles. The normalized spacial score (nSPS) is 22.4. The Labute approximate surface area is 150 Å². The fraction of sp³-hybridized carbons (Fsp3) is 0.471. The predicted octanol–water partition coefficient (Wildman–Crippen LogP) is 1.14. The summed E-state index contributed by atoms with van der Waals surface area (Å²) in [5.41, 5.74) is 2.54. The highest BCUT2D eigenvalue weighted by atomic mass is 32.2. The van der Waals surface area contributed by atoms with Crippen molar-refractivity contribution in [3.05, 3.63) is 30.3 Å². The number of ketones is 1. The highest BCUT2D eigenvalue weighted by Crippen LogP contribution is 2.28. The second kappa shape index (κ2) is 8.35. The van der Waals surface area contributed by atoms with Crippen LogP contribution in [0.2, 0.25) is 0 Å². The zero-order valence-electron chi connectivity index (χ0n) is 13.7. The maximum Gasteiger partial charge on any atom is 0.276 e. The van der Waals surface area contributed by atoms with Crippen molar-refractivity contribution in [1.29, 1.82) is 0 Å². The first-order valence-electron chi connectivity index (χ1n) is 8.19. The van der Waals surface area contributed by atoms with Gasteiger partial charge in [-0.1, -0.05) is 18.2 Å². The van der Waals surface area contributed by atoms with E-state index in [0.29, 0.717) is 18.8 Å². The molecular formula is C17H20N2O5S. The van der Waals surface area contributed by atoms with Crippen LogP contribution in [0.25, 0.3) is 0 Å². The van der Waals surface area contributed by atoms with Crippen molar-refractivity contribution in [2.24, 2.45) is 0 Å². The Hall–Kier alpha value is -2.06. The van der Waals surface area contributed by atoms with Gasteiger partial charge in [0.1, 0.15) is 17.2 Å². The topological polar surface area (TPSA) is 84.9 Å². The van der Waals surface area contributed by atoms with Crippen LogP contribution in [0.5, 0.6) is 5.75 Å². The first-order valence-corrected chi connectivity index (χ1v) is 9.23. The van der Waals surface area contributed by atoms with Crippen molar-refractivity contribution < 1.29 is 23.9 Å². The van der Waals surface area contributed by atoms with E-state index in [1.165, 1.54) is 16.8 Å². The molecule has 1 aromatic rings. The van der Waals surface area contributed by atoms with Gasteiger partial charge in [-0.25, -0.2) is 5.01 Å². The SMILES string of the molecule is O=C(COc1ccccc1)NN1C(=O)CC1SCC(=O)[C@@H]1CCCO1. The van der Waals surface area contributed by atoms with Gasteiger partial charge >= 0.3 is 0 Å². The van der Waals surface area contributed by atoms with Crippen molar-refractivity contribution in [1.82, 2.24) is 10.4 Å². The van der Waals surface area contributed by atoms with Crippen molar-refractivity contribution >= 4 is 29.4 Å². The highest BCUT2D eigenvalue weighted by Gasteiger charge is 2.38. The van der Waals surface area contributed by atoms with Crippen LogP contribution in [0, 0.1) is 0 Å². The molecule has 0 bridgehead atoms. The number of hydrogen-bond acceptors (Lipinski definition) is 6. The number of ether oxygens (including phenoxy) is 2. The molecular weight excluding hydrogens is 344 g/mol. The molecule has 0 radical (unpaired) electrons. The maximum atomic E-state index is 12.0. The highest BCUT2D eigenvalue weighted by molar-refractivity contribution is 8.00. The molecule has 0 aromatic heterocycles. The van der Waals surface area contributed by atoms with Gasteiger partial charge in [-0.2, -0.15) is 0 Å². The number of nitrogens with one attached hydrogen (secondary N) is 1. The monoisotopic (exact) mass is 364 g/mol. The number of Topliss-reactive ketones (excluding diaryl/α,β-unsaturated/α-hetero) is 1. The average Bonchev–Trinajstić information content (AvgIpc) is 3.17. The van der Waals surface area contributed by atoms with E-state index < -0.39 is 5.91 Å². The third-order valence-corrected chi connectivity index (χ3v) is 5.18. The number of hydrazine groups is 1. The number of hydrogen-bond donors (Lipinski definition) is 1. The number of benzene rings is 1. The Morgan fingerprint density at radius 2 is 2.12 bits per heavy atom. The molecule has 2 atom stereocenters. The van der Waals surface area contributed by atoms with Crippen LogP contribution in [0.15, 0.2) is 30.3 Å². The molecule has 2 aliphatic heterocycles. The summed E-state index contributed by atoms with van der Waals surface area (Å²) in [7, 11) is 0. The van der Waals surface area contributed by atoms with Crippen LogP contribution in [0.4, 0.5) is 0 Å². The van der Waals surface area contributed by atoms with Gasteiger partial charge in [-0.15, -0.1) is 11.8 Å². The molecule has 1 unspecified atom stereocenters. The van der Waals surface area contributed by atoms with Crippen molar-refractivity contribution in [3.63, 3.8) is 0 Å². The number of carbonyl (C=O) groups excluding carboxylic acids is 3. The van der Waals surface area contributed by atoms with E-state index >= 15 is 0 Å². The van der Waals surface area contributed by atoms with Gasteiger partial charge in [0.25, 0.3) is 5.91 Å². The molecule has 1 aromatic carbocycles. The molecule has 0 saturated carbocycles. The zero-order chi connectivity index (χ0) is 17.6. The molecule has 1 N–H and O–H groups in total. The quantitative estimate of drug-likeness (QED) is 0.696. The van der Waals surface area contributed by atoms with E-state index in [9.17, 15) is 14.4 Å². The fourth-order valence-electron chi connectivity index (χ4n) is 2.59. The standard InChI is InChI=1S/C17H20N2O5S/c20-13(14-7-4-8-23-14)11-25-17-9-16(22)19(17)18-15(21)10-24-12-5-2-1-3-6-12/h1-3,5-6,14,17H,4,7-11H2,(H,18,21)/t14-,17?/m0/s1. The lowest BCUT2D eigenvalue weighted by molar-refractivity contribution is -0.152. The van der Waals surface area contributed by atoms with Crippen LogP contribution >= 0.6 is 11.8 Å². The number of thioether (sulfide) groups is 1. The molecule has 25 heavy (non-hydrogen) atoms. The van der Waals surface area contributed by atoms with Gasteiger partial charge in [-0.3, -0.25) is 19.8 Å². The summed E-state index contributed by atoms with van der Waals surface area (Å²) in [6.45, 7) is 0.451. The smallest absolute Gasteiger partial charge is 0.276 e. The maximum absolute atomic E-state index is 12.0. The van der Waals surface area contributed by atoms with Gasteiger partial charge < -0.3 is 9.47 Å². The molecule has 7 nitrogen and oxygen atoms in total. The lowest BCUT2D eigenvalue weighted by Gasteiger charge is -2.39. The summed E-state index contributed by atoms with van der Waals surface area (Å²) in [6, 6.07) is 8.97. The zero-order valence-corrected chi connectivity index (χ0v) is 14.5. The molecule has 134 valence electrons. The number of nitrogens with zero attached hydrogens (tertiary/aromatic N) is 1. The van der Waals surface area contributed by atoms with Gasteiger partial charge in [0.15, 0.2) is 12.4 Å². The van der Waals surface area contributed by atoms with Crippen molar-refractivity contribution in [2.75, 3.05) is 19.0 Å². The summed E-state index contributed by atoms with van der Waals surface area (Å²) in [4.78, 5) is 35.6. The lowest BCUT2D eigenvalue weighted by Crippen LogP contribution is -2.60. The average molecular weight is 364 g/mol. The Morgan fingerprint density at radius 1 is 1.32 bits per heavy atom. The number of rotatable bonds is 8. The predicted molar refractivity (Wildman–Crippen MR) is 91.8 cm³/mol. The van der Waals surface area contributed by atoms with Crippen LogP contribution in [-0.2, 0) is 19.1 Å². The van der Waals surface area contributed by atoms with Crippen molar-refractivity contribution in [3.8, 4) is 5.75 Å². The van der Waals surface area contributed by atoms with E-state index in [1.54, 1.807) is 12.1 Å². The molecule has 3 rings (SSSR count). The first kappa shape index (κ1) is 17.8. The van der Waals surface area contributed by atoms with E-state index in [0.717, 1.165) is 12.8 Å². The third-order valence-electron chi connectivity index (χ3n) is 3.97. The second-order valence-electron chi connectivity index (χ2n) is 5.84. The minimum Gasteiger partial charge on any atom is -0.484 e. The summed E-state index contributed by atoms with van der Waals surface area (Å²) in [6.07, 6.45) is 1.67. The van der Waals surface area contributed by atoms with Crippen LogP contribution in [0.3, 0.4) is 0 Å². The third kappa shape index (κ3) is 4.73. The van der Waals surface area contributed by atoms with Gasteiger partial charge in [0, 0.05) is 6.61 Å². The van der Waals surface area contributed by atoms with Crippen molar-refractivity contribution in [2.45, 2.75) is 30.7 Å². The summed E-state index contributed by atoms with van der Waals surface area (Å²) >= 11 is 1.35. The van der Waals surface area contributed by atoms with E-state index in [2.05, 4.69) is 5.43 Å². The van der Waals surface area contributed by atoms with E-state index in [4.69, 9.17) is 9.47 Å². The van der Waals surface area contributed by atoms with E-state index in [1.807, 2.05) is 18.2 Å². The summed E-state index contributed by atoms with van der Waals surface area (Å²) in [5, 5.41) is 1.04. The number of para-hydroxylation sites is 1. The van der Waals surface area contributed by atoms with Gasteiger partial charge in [0.2, 0.25) is 5.91 Å². The van der Waals surface area contributed by atoms with Crippen LogP contribution in [0.1, 0.15) is 19.3 Å². The van der Waals surface area contributed by atoms with Gasteiger partial charge in [0.05, 0.1) is 12.2 Å². The fourth-order valence-corrected chi connectivity index (χ4v) is 3.71. The van der Waals surface area contributed by atoms with Crippen LogP contribution < -0.4 is 10.2 Å². The first-order chi connectivity index (χ1) is 12.1. The number of β-lactam (4-membered cyclic amide) rings is 1. The molecule has 0 spiro atoms. The molecule has 8 heteroatoms. The Balaban J connectivity index is 1.40. The molecule has 2 aliphatic rings. The number of carbonyl (C=O) groups is 3. The minimum atomic E-state index is -0.409. The largest absolute Gasteiger partial charge is 0.484 e. The summed E-state index contributed by atoms with van der Waals surface area (Å²) in [5.74, 6) is 0.319. The van der Waals surface area contributed by atoms with Gasteiger partial charge in [-0.05, 0) is 25.0 Å². The number of amides is 2. The molecule has 2 saturated heterocycles. The Bertz CT molecular complexity index is 633. The van der Waals surface area contributed by atoms with Crippen LogP contribution in [-0.4, -0.2) is 53.1 Å². The van der Waals surface area contributed by atoms with E-state index in [-0.39, 0.29) is 35.5 Å². The Morgan fingerprint density at radius 3 is 2.80 bits per heavy atom.